The summed E-state index contributed by atoms with van der Waals surface area (Å²) in [6.07, 6.45) is 1.28. The first kappa shape index (κ1) is 16.0. The minimum absolute atomic E-state index is 0. The van der Waals surface area contributed by atoms with Crippen molar-refractivity contribution in [2.45, 2.75) is 31.9 Å². The number of rotatable bonds is 4. The van der Waals surface area contributed by atoms with Crippen molar-refractivity contribution < 1.29 is 9.90 Å². The molecular formula is C14H21ClN2O2. The molecule has 0 spiro atoms. The molecule has 0 bridgehead atoms. The van der Waals surface area contributed by atoms with Crippen LogP contribution in [0.5, 0.6) is 0 Å². The third kappa shape index (κ3) is 4.49. The summed E-state index contributed by atoms with van der Waals surface area (Å²) < 4.78 is 0. The Bertz CT molecular complexity index is 420. The smallest absolute Gasteiger partial charge is 0.237 e. The first-order chi connectivity index (χ1) is 8.66. The van der Waals surface area contributed by atoms with Gasteiger partial charge in [0.25, 0.3) is 0 Å². The molecule has 1 aliphatic heterocycles. The zero-order valence-electron chi connectivity index (χ0n) is 11.1. The van der Waals surface area contributed by atoms with Gasteiger partial charge in [-0.15, -0.1) is 12.4 Å². The molecule has 0 radical (unpaired) electrons. The molecule has 0 aromatic heterocycles. The lowest BCUT2D eigenvalue weighted by Crippen LogP contribution is -2.41. The highest BCUT2D eigenvalue weighted by molar-refractivity contribution is 5.85. The molecule has 3 N–H and O–H groups in total. The minimum atomic E-state index is -0.643. The number of aliphatic hydroxyl groups excluding tert-OH is 1. The van der Waals surface area contributed by atoms with Gasteiger partial charge in [-0.05, 0) is 31.9 Å². The molecule has 0 saturated carbocycles. The molecule has 106 valence electrons. The molecule has 1 amide bonds. The van der Waals surface area contributed by atoms with Gasteiger partial charge < -0.3 is 15.7 Å². The Hall–Kier alpha value is -1.10. The lowest BCUT2D eigenvalue weighted by atomic mass is 10.1. The van der Waals surface area contributed by atoms with Gasteiger partial charge in [0.15, 0.2) is 0 Å². The SMILES string of the molecule is Cc1cccc(C(O)CNC(=O)C2CCCN2)c1.Cl. The number of aliphatic hydroxyl groups is 1. The van der Waals surface area contributed by atoms with Gasteiger partial charge in [0.2, 0.25) is 5.91 Å². The molecule has 19 heavy (non-hydrogen) atoms. The molecular weight excluding hydrogens is 264 g/mol. The number of carbonyl (C=O) groups is 1. The van der Waals surface area contributed by atoms with Crippen LogP contribution in [0.1, 0.15) is 30.1 Å². The van der Waals surface area contributed by atoms with Crippen LogP contribution < -0.4 is 10.6 Å². The van der Waals surface area contributed by atoms with Crippen molar-refractivity contribution in [2.75, 3.05) is 13.1 Å². The van der Waals surface area contributed by atoms with E-state index in [9.17, 15) is 9.90 Å². The Morgan fingerprint density at radius 1 is 1.58 bits per heavy atom. The zero-order chi connectivity index (χ0) is 13.0. The third-order valence-corrected chi connectivity index (χ3v) is 3.27. The summed E-state index contributed by atoms with van der Waals surface area (Å²) in [6, 6.07) is 7.61. The molecule has 4 nitrogen and oxygen atoms in total. The van der Waals surface area contributed by atoms with Crippen LogP contribution in [0.4, 0.5) is 0 Å². The number of benzene rings is 1. The van der Waals surface area contributed by atoms with E-state index < -0.39 is 6.10 Å². The highest BCUT2D eigenvalue weighted by Gasteiger charge is 2.22. The second-order valence-corrected chi connectivity index (χ2v) is 4.82. The fraction of sp³-hybridized carbons (Fsp3) is 0.500. The van der Waals surface area contributed by atoms with Gasteiger partial charge in [0.05, 0.1) is 12.1 Å². The first-order valence-electron chi connectivity index (χ1n) is 6.42. The van der Waals surface area contributed by atoms with E-state index >= 15 is 0 Å². The molecule has 1 saturated heterocycles. The monoisotopic (exact) mass is 284 g/mol. The van der Waals surface area contributed by atoms with Gasteiger partial charge in [0.1, 0.15) is 0 Å². The Morgan fingerprint density at radius 2 is 2.37 bits per heavy atom. The highest BCUT2D eigenvalue weighted by atomic mass is 35.5. The van der Waals surface area contributed by atoms with Crippen LogP contribution in [0.15, 0.2) is 24.3 Å². The summed E-state index contributed by atoms with van der Waals surface area (Å²) >= 11 is 0. The molecule has 2 unspecified atom stereocenters. The molecule has 2 rings (SSSR count). The van der Waals surface area contributed by atoms with E-state index in [-0.39, 0.29) is 30.9 Å². The summed E-state index contributed by atoms with van der Waals surface area (Å²) in [5, 5.41) is 15.9. The number of nitrogens with one attached hydrogen (secondary N) is 2. The predicted octanol–water partition coefficient (Wildman–Crippen LogP) is 1.32. The maximum Gasteiger partial charge on any atom is 0.237 e. The van der Waals surface area contributed by atoms with Crippen molar-refractivity contribution in [2.24, 2.45) is 0 Å². The van der Waals surface area contributed by atoms with Crippen LogP contribution in [0.3, 0.4) is 0 Å². The van der Waals surface area contributed by atoms with Crippen molar-refractivity contribution in [3.63, 3.8) is 0 Å². The van der Waals surface area contributed by atoms with Crippen LogP contribution in [-0.2, 0) is 4.79 Å². The normalized spacial score (nSPS) is 19.6. The van der Waals surface area contributed by atoms with Gasteiger partial charge >= 0.3 is 0 Å². The minimum Gasteiger partial charge on any atom is -0.387 e. The number of hydrogen-bond donors (Lipinski definition) is 3. The van der Waals surface area contributed by atoms with Crippen LogP contribution in [0.25, 0.3) is 0 Å². The largest absolute Gasteiger partial charge is 0.387 e. The average Bonchev–Trinajstić information content (AvgIpc) is 2.89. The molecule has 0 aliphatic carbocycles. The van der Waals surface area contributed by atoms with Gasteiger partial charge in [0, 0.05) is 6.54 Å². The van der Waals surface area contributed by atoms with Crippen molar-refractivity contribution in [1.29, 1.82) is 0 Å². The molecule has 1 aliphatic rings. The van der Waals surface area contributed by atoms with E-state index in [1.54, 1.807) is 0 Å². The summed E-state index contributed by atoms with van der Waals surface area (Å²) in [4.78, 5) is 11.8. The van der Waals surface area contributed by atoms with Gasteiger partial charge in [-0.1, -0.05) is 29.8 Å². The van der Waals surface area contributed by atoms with Crippen LogP contribution in [-0.4, -0.2) is 30.1 Å². The third-order valence-electron chi connectivity index (χ3n) is 3.27. The molecule has 1 aromatic carbocycles. The Kier molecular flexibility index (Phi) is 6.28. The molecule has 1 fully saturated rings. The summed E-state index contributed by atoms with van der Waals surface area (Å²) in [5.41, 5.74) is 1.95. The number of aryl methyl sites for hydroxylation is 1. The summed E-state index contributed by atoms with van der Waals surface area (Å²) in [5.74, 6) is -0.0146. The van der Waals surface area contributed by atoms with E-state index in [2.05, 4.69) is 10.6 Å². The van der Waals surface area contributed by atoms with Crippen molar-refractivity contribution >= 4 is 18.3 Å². The zero-order valence-corrected chi connectivity index (χ0v) is 11.9. The second kappa shape index (κ2) is 7.48. The quantitative estimate of drug-likeness (QED) is 0.781. The fourth-order valence-corrected chi connectivity index (χ4v) is 2.22. The lowest BCUT2D eigenvalue weighted by Gasteiger charge is -2.15. The van der Waals surface area contributed by atoms with Gasteiger partial charge in [-0.3, -0.25) is 4.79 Å². The van der Waals surface area contributed by atoms with E-state index in [0.717, 1.165) is 30.5 Å². The Labute approximate surface area is 120 Å². The predicted molar refractivity (Wildman–Crippen MR) is 77.4 cm³/mol. The number of carbonyl (C=O) groups excluding carboxylic acids is 1. The number of halogens is 1. The summed E-state index contributed by atoms with van der Waals surface area (Å²) in [6.45, 7) is 3.15. The fourth-order valence-electron chi connectivity index (χ4n) is 2.22. The maximum absolute atomic E-state index is 11.8. The average molecular weight is 285 g/mol. The van der Waals surface area contributed by atoms with E-state index in [0.29, 0.717) is 0 Å². The topological polar surface area (TPSA) is 61.4 Å². The molecule has 1 heterocycles. The van der Waals surface area contributed by atoms with Crippen LogP contribution >= 0.6 is 12.4 Å². The van der Waals surface area contributed by atoms with E-state index in [1.807, 2.05) is 31.2 Å². The lowest BCUT2D eigenvalue weighted by molar-refractivity contribution is -0.123. The van der Waals surface area contributed by atoms with E-state index in [4.69, 9.17) is 0 Å². The van der Waals surface area contributed by atoms with Crippen LogP contribution in [0, 0.1) is 6.92 Å². The second-order valence-electron chi connectivity index (χ2n) is 4.82. The van der Waals surface area contributed by atoms with Crippen molar-refractivity contribution in [3.8, 4) is 0 Å². The van der Waals surface area contributed by atoms with Crippen LogP contribution in [0.2, 0.25) is 0 Å². The molecule has 1 aromatic rings. The van der Waals surface area contributed by atoms with Crippen molar-refractivity contribution in [1.82, 2.24) is 10.6 Å². The molecule has 5 heteroatoms. The van der Waals surface area contributed by atoms with E-state index in [1.165, 1.54) is 0 Å². The Balaban J connectivity index is 0.00000180. The maximum atomic E-state index is 11.8. The van der Waals surface area contributed by atoms with Gasteiger partial charge in [-0.25, -0.2) is 0 Å². The van der Waals surface area contributed by atoms with Gasteiger partial charge in [-0.2, -0.15) is 0 Å². The molecule has 2 atom stereocenters. The first-order valence-corrected chi connectivity index (χ1v) is 6.42. The Morgan fingerprint density at radius 3 is 3.00 bits per heavy atom. The number of amides is 1. The van der Waals surface area contributed by atoms with Crippen molar-refractivity contribution in [3.05, 3.63) is 35.4 Å². The standard InChI is InChI=1S/C14H20N2O2.ClH/c1-10-4-2-5-11(8-10)13(17)9-16-14(18)12-6-3-7-15-12;/h2,4-5,8,12-13,15,17H,3,6-7,9H2,1H3,(H,16,18);1H. The highest BCUT2D eigenvalue weighted by Crippen LogP contribution is 2.13. The summed E-state index contributed by atoms with van der Waals surface area (Å²) in [7, 11) is 0. The number of hydrogen-bond acceptors (Lipinski definition) is 3.